The van der Waals surface area contributed by atoms with Crippen molar-refractivity contribution in [1.82, 2.24) is 0 Å². The van der Waals surface area contributed by atoms with Crippen molar-refractivity contribution in [2.75, 3.05) is 11.9 Å². The Hall–Kier alpha value is -1.60. The van der Waals surface area contributed by atoms with E-state index in [1.165, 1.54) is 13.1 Å². The molecule has 25 heavy (non-hydrogen) atoms. The number of anilines is 1. The predicted octanol–water partition coefficient (Wildman–Crippen LogP) is 3.50. The minimum Gasteiger partial charge on any atom is -0.443 e. The molecule has 138 valence electrons. The quantitative estimate of drug-likeness (QED) is 0.766. The molecule has 0 N–H and O–H groups in total. The SMILES string of the molecule is CN(C(=O)OC(C)(C)C)c1cc(B2OC(C)(C)C(C)(C)O2)ccc1F. The summed E-state index contributed by atoms with van der Waals surface area (Å²) in [5.74, 6) is -0.520. The van der Waals surface area contributed by atoms with Crippen molar-refractivity contribution in [3.63, 3.8) is 0 Å². The topological polar surface area (TPSA) is 48.0 Å². The van der Waals surface area contributed by atoms with Crippen LogP contribution in [0.5, 0.6) is 0 Å². The molecule has 1 aromatic rings. The Bertz CT molecular complexity index is 654. The zero-order valence-electron chi connectivity index (χ0n) is 16.3. The first-order chi connectivity index (χ1) is 11.2. The first-order valence-electron chi connectivity index (χ1n) is 8.35. The Labute approximate surface area is 149 Å². The molecule has 0 bridgehead atoms. The maximum absolute atomic E-state index is 14.3. The van der Waals surface area contributed by atoms with Crippen LogP contribution in [0.4, 0.5) is 14.9 Å². The van der Waals surface area contributed by atoms with Gasteiger partial charge in [0.25, 0.3) is 0 Å². The molecule has 1 saturated heterocycles. The highest BCUT2D eigenvalue weighted by molar-refractivity contribution is 6.62. The van der Waals surface area contributed by atoms with Crippen molar-refractivity contribution in [1.29, 1.82) is 0 Å². The van der Waals surface area contributed by atoms with Crippen molar-refractivity contribution in [2.45, 2.75) is 65.3 Å². The molecule has 5 nitrogen and oxygen atoms in total. The average Bonchev–Trinajstić information content (AvgIpc) is 2.65. The predicted molar refractivity (Wildman–Crippen MR) is 96.8 cm³/mol. The van der Waals surface area contributed by atoms with Crippen LogP contribution in [0, 0.1) is 5.82 Å². The van der Waals surface area contributed by atoms with Crippen LogP contribution in [0.15, 0.2) is 18.2 Å². The Morgan fingerprint density at radius 2 is 1.68 bits per heavy atom. The molecule has 2 rings (SSSR count). The van der Waals surface area contributed by atoms with E-state index in [9.17, 15) is 9.18 Å². The van der Waals surface area contributed by atoms with Crippen molar-refractivity contribution in [3.8, 4) is 0 Å². The monoisotopic (exact) mass is 351 g/mol. The Kier molecular flexibility index (Phi) is 4.96. The number of ether oxygens (including phenoxy) is 1. The lowest BCUT2D eigenvalue weighted by Gasteiger charge is -2.32. The van der Waals surface area contributed by atoms with Crippen LogP contribution >= 0.6 is 0 Å². The molecule has 0 aromatic heterocycles. The summed E-state index contributed by atoms with van der Waals surface area (Å²) in [4.78, 5) is 13.4. The number of benzene rings is 1. The van der Waals surface area contributed by atoms with Crippen molar-refractivity contribution in [2.24, 2.45) is 0 Å². The summed E-state index contributed by atoms with van der Waals surface area (Å²) in [7, 11) is 0.844. The molecule has 1 amide bonds. The second-order valence-electron chi connectivity index (χ2n) is 8.34. The summed E-state index contributed by atoms with van der Waals surface area (Å²) < 4.78 is 31.5. The smallest absolute Gasteiger partial charge is 0.443 e. The molecule has 1 aliphatic rings. The molecule has 1 aromatic carbocycles. The van der Waals surface area contributed by atoms with E-state index in [4.69, 9.17) is 14.0 Å². The van der Waals surface area contributed by atoms with E-state index in [1.807, 2.05) is 27.7 Å². The van der Waals surface area contributed by atoms with Crippen LogP contribution in [0.3, 0.4) is 0 Å². The molecule has 0 unspecified atom stereocenters. The highest BCUT2D eigenvalue weighted by atomic mass is 19.1. The summed E-state index contributed by atoms with van der Waals surface area (Å²) in [6, 6.07) is 4.46. The lowest BCUT2D eigenvalue weighted by Crippen LogP contribution is -2.41. The molecule has 1 aliphatic heterocycles. The fourth-order valence-corrected chi connectivity index (χ4v) is 2.34. The molecule has 0 saturated carbocycles. The molecule has 0 atom stereocenters. The van der Waals surface area contributed by atoms with E-state index < -0.39 is 35.8 Å². The number of hydrogen-bond donors (Lipinski definition) is 0. The molecule has 7 heteroatoms. The maximum Gasteiger partial charge on any atom is 0.494 e. The van der Waals surface area contributed by atoms with Crippen LogP contribution < -0.4 is 10.4 Å². The lowest BCUT2D eigenvalue weighted by molar-refractivity contribution is 0.00578. The second kappa shape index (κ2) is 6.29. The van der Waals surface area contributed by atoms with Crippen LogP contribution in [0.1, 0.15) is 48.5 Å². The molecular weight excluding hydrogens is 324 g/mol. The highest BCUT2D eigenvalue weighted by Crippen LogP contribution is 2.36. The number of nitrogens with zero attached hydrogens (tertiary/aromatic N) is 1. The molecule has 1 fully saturated rings. The van der Waals surface area contributed by atoms with Crippen LogP contribution in [-0.2, 0) is 14.0 Å². The summed E-state index contributed by atoms with van der Waals surface area (Å²) in [6.45, 7) is 13.1. The summed E-state index contributed by atoms with van der Waals surface area (Å²) >= 11 is 0. The van der Waals surface area contributed by atoms with Crippen LogP contribution in [0.2, 0.25) is 0 Å². The Balaban J connectivity index is 2.28. The zero-order valence-corrected chi connectivity index (χ0v) is 16.3. The van der Waals surface area contributed by atoms with Gasteiger partial charge in [-0.2, -0.15) is 0 Å². The molecule has 1 heterocycles. The standard InChI is InChI=1S/C18H27BFNO4/c1-16(2,3)23-15(22)21(8)14-11-12(9-10-13(14)20)19-24-17(4,5)18(6,7)25-19/h9-11H,1-8H3. The van der Waals surface area contributed by atoms with Gasteiger partial charge in [0.2, 0.25) is 0 Å². The minimum absolute atomic E-state index is 0.112. The summed E-state index contributed by atoms with van der Waals surface area (Å²) in [5.41, 5.74) is -0.899. The number of amides is 1. The summed E-state index contributed by atoms with van der Waals surface area (Å²) in [6.07, 6.45) is -0.627. The third-order valence-electron chi connectivity index (χ3n) is 4.52. The third-order valence-corrected chi connectivity index (χ3v) is 4.52. The van der Waals surface area contributed by atoms with Gasteiger partial charge >= 0.3 is 13.2 Å². The van der Waals surface area contributed by atoms with Gasteiger partial charge in [-0.15, -0.1) is 0 Å². The number of carbonyl (C=O) groups excluding carboxylic acids is 1. The van der Waals surface area contributed by atoms with Gasteiger partial charge in [0.15, 0.2) is 0 Å². The fraction of sp³-hybridized carbons (Fsp3) is 0.611. The lowest BCUT2D eigenvalue weighted by atomic mass is 9.79. The largest absolute Gasteiger partial charge is 0.494 e. The van der Waals surface area contributed by atoms with E-state index in [-0.39, 0.29) is 5.69 Å². The molecular formula is C18H27BFNO4. The van der Waals surface area contributed by atoms with Gasteiger partial charge in [-0.25, -0.2) is 9.18 Å². The zero-order chi connectivity index (χ0) is 19.2. The molecule has 0 spiro atoms. The number of rotatable bonds is 2. The van der Waals surface area contributed by atoms with Crippen molar-refractivity contribution < 1.29 is 23.2 Å². The molecule has 0 radical (unpaired) electrons. The van der Waals surface area contributed by atoms with E-state index in [2.05, 4.69) is 0 Å². The Morgan fingerprint density at radius 3 is 2.16 bits per heavy atom. The average molecular weight is 351 g/mol. The van der Waals surface area contributed by atoms with Crippen LogP contribution in [-0.4, -0.2) is 37.1 Å². The maximum atomic E-state index is 14.3. The van der Waals surface area contributed by atoms with Crippen molar-refractivity contribution in [3.05, 3.63) is 24.0 Å². The number of halogens is 1. The molecule has 0 aliphatic carbocycles. The highest BCUT2D eigenvalue weighted by Gasteiger charge is 2.51. The van der Waals surface area contributed by atoms with E-state index in [0.717, 1.165) is 4.90 Å². The number of carbonyl (C=O) groups is 1. The van der Waals surface area contributed by atoms with Gasteiger partial charge < -0.3 is 14.0 Å². The number of hydrogen-bond acceptors (Lipinski definition) is 4. The van der Waals surface area contributed by atoms with Gasteiger partial charge in [-0.1, -0.05) is 6.07 Å². The van der Waals surface area contributed by atoms with E-state index in [0.29, 0.717) is 5.46 Å². The summed E-state index contributed by atoms with van der Waals surface area (Å²) in [5, 5.41) is 0. The van der Waals surface area contributed by atoms with Gasteiger partial charge in [-0.05, 0) is 66.1 Å². The van der Waals surface area contributed by atoms with Gasteiger partial charge in [0.05, 0.1) is 16.9 Å². The fourth-order valence-electron chi connectivity index (χ4n) is 2.34. The van der Waals surface area contributed by atoms with Crippen molar-refractivity contribution >= 4 is 24.4 Å². The van der Waals surface area contributed by atoms with Gasteiger partial charge in [0, 0.05) is 7.05 Å². The second-order valence-corrected chi connectivity index (χ2v) is 8.34. The minimum atomic E-state index is -0.662. The first kappa shape index (κ1) is 19.7. The van der Waals surface area contributed by atoms with Crippen LogP contribution in [0.25, 0.3) is 0 Å². The Morgan fingerprint density at radius 1 is 1.16 bits per heavy atom. The van der Waals surface area contributed by atoms with Gasteiger partial charge in [0.1, 0.15) is 11.4 Å². The first-order valence-corrected chi connectivity index (χ1v) is 8.35. The van der Waals surface area contributed by atoms with E-state index in [1.54, 1.807) is 32.9 Å². The third kappa shape index (κ3) is 4.15. The normalized spacial score (nSPS) is 19.0. The van der Waals surface area contributed by atoms with Gasteiger partial charge in [-0.3, -0.25) is 4.90 Å². The van der Waals surface area contributed by atoms with E-state index >= 15 is 0 Å².